The number of hydrogen-bond acceptors (Lipinski definition) is 5. The molecule has 2 aromatic carbocycles. The molecule has 11 heteroatoms. The molecule has 0 saturated heterocycles. The van der Waals surface area contributed by atoms with Crippen molar-refractivity contribution in [3.63, 3.8) is 0 Å². The van der Waals surface area contributed by atoms with Crippen LogP contribution in [0.25, 0.3) is 22.3 Å². The molecule has 2 atom stereocenters. The van der Waals surface area contributed by atoms with Gasteiger partial charge in [-0.05, 0) is 29.8 Å². The second-order valence-electron chi connectivity index (χ2n) is 7.80. The molecule has 5 rings (SSSR count). The highest BCUT2D eigenvalue weighted by Crippen LogP contribution is 2.45. The van der Waals surface area contributed by atoms with Gasteiger partial charge in [0.15, 0.2) is 17.5 Å². The zero-order chi connectivity index (χ0) is 23.3. The molecule has 2 aromatic heterocycles. The quantitative estimate of drug-likeness (QED) is 0.421. The number of methoxy groups -OCH3 is 2. The maximum atomic E-state index is 14.0. The topological polar surface area (TPSA) is 97.0 Å². The van der Waals surface area contributed by atoms with Gasteiger partial charge >= 0.3 is 11.9 Å². The van der Waals surface area contributed by atoms with Crippen LogP contribution >= 0.6 is 0 Å². The van der Waals surface area contributed by atoms with Crippen LogP contribution in [0.3, 0.4) is 0 Å². The van der Waals surface area contributed by atoms with Crippen LogP contribution in [0.5, 0.6) is 11.5 Å². The minimum absolute atomic E-state index is 0.239. The number of aromatic nitrogens is 4. The van der Waals surface area contributed by atoms with Crippen molar-refractivity contribution in [1.29, 1.82) is 0 Å². The van der Waals surface area contributed by atoms with E-state index in [1.54, 1.807) is 42.5 Å². The Morgan fingerprint density at radius 1 is 1.00 bits per heavy atom. The lowest BCUT2D eigenvalue weighted by Crippen LogP contribution is -2.35. The van der Waals surface area contributed by atoms with E-state index in [9.17, 15) is 18.0 Å². The summed E-state index contributed by atoms with van der Waals surface area (Å²) in [5.41, 5.74) is 2.39. The number of ether oxygens (including phenoxy) is 2. The largest absolute Gasteiger partial charge is 0.493 e. The molecule has 0 saturated carbocycles. The minimum atomic E-state index is -4.50. The van der Waals surface area contributed by atoms with Crippen molar-refractivity contribution < 1.29 is 22.6 Å². The maximum absolute atomic E-state index is 14.0. The van der Waals surface area contributed by atoms with E-state index in [4.69, 9.17) is 9.47 Å². The summed E-state index contributed by atoms with van der Waals surface area (Å²) in [6.07, 6.45) is -4.73. The van der Waals surface area contributed by atoms with Gasteiger partial charge in [0.1, 0.15) is 5.82 Å². The number of nitrogens with zero attached hydrogens (tertiary/aromatic N) is 2. The first-order valence-corrected chi connectivity index (χ1v) is 10.1. The van der Waals surface area contributed by atoms with Crippen LogP contribution in [0.2, 0.25) is 0 Å². The number of H-pyrrole nitrogens is 2. The van der Waals surface area contributed by atoms with Crippen molar-refractivity contribution in [1.82, 2.24) is 19.7 Å². The molecule has 8 nitrogen and oxygen atoms in total. The van der Waals surface area contributed by atoms with Crippen molar-refractivity contribution in [2.45, 2.75) is 24.7 Å². The normalized spacial score (nSPS) is 18.1. The predicted octanol–water partition coefficient (Wildman–Crippen LogP) is 4.40. The third kappa shape index (κ3) is 3.69. The van der Waals surface area contributed by atoms with Gasteiger partial charge in [-0.25, -0.2) is 9.48 Å². The molecule has 0 fully saturated rings. The molecule has 1 aliphatic heterocycles. The number of hydrogen-bond donors (Lipinski definition) is 3. The van der Waals surface area contributed by atoms with E-state index in [2.05, 4.69) is 20.4 Å². The zero-order valence-corrected chi connectivity index (χ0v) is 17.7. The van der Waals surface area contributed by atoms with Gasteiger partial charge < -0.3 is 24.8 Å². The summed E-state index contributed by atoms with van der Waals surface area (Å²) >= 11 is 0. The van der Waals surface area contributed by atoms with Crippen LogP contribution in [0.4, 0.5) is 19.0 Å². The summed E-state index contributed by atoms with van der Waals surface area (Å²) in [7, 11) is 2.97. The number of alkyl halides is 3. The van der Waals surface area contributed by atoms with Crippen molar-refractivity contribution in [2.24, 2.45) is 0 Å². The molecular weight excluding hydrogens is 439 g/mol. The molecule has 0 aliphatic carbocycles. The number of rotatable bonds is 4. The highest BCUT2D eigenvalue weighted by atomic mass is 19.4. The van der Waals surface area contributed by atoms with Gasteiger partial charge in [0.05, 0.1) is 37.0 Å². The second kappa shape index (κ2) is 7.61. The number of benzene rings is 2. The molecule has 0 amide bonds. The fraction of sp³-hybridized carbons (Fsp3) is 0.273. The van der Waals surface area contributed by atoms with E-state index in [-0.39, 0.29) is 17.9 Å². The molecule has 172 valence electrons. The zero-order valence-electron chi connectivity index (χ0n) is 17.7. The summed E-state index contributed by atoms with van der Waals surface area (Å²) in [6.45, 7) is 0. The van der Waals surface area contributed by atoms with E-state index < -0.39 is 18.3 Å². The third-order valence-corrected chi connectivity index (χ3v) is 5.81. The summed E-state index contributed by atoms with van der Waals surface area (Å²) in [5.74, 6) is 1.19. The average Bonchev–Trinajstić information content (AvgIpc) is 3.38. The molecule has 0 bridgehead atoms. The Hall–Kier alpha value is -3.89. The molecular formula is C22H20F3N5O3. The molecule has 3 N–H and O–H groups in total. The van der Waals surface area contributed by atoms with Crippen LogP contribution in [0.15, 0.2) is 47.3 Å². The monoisotopic (exact) mass is 459 g/mol. The first kappa shape index (κ1) is 21.0. The molecule has 3 heterocycles. The van der Waals surface area contributed by atoms with Crippen molar-refractivity contribution in [3.8, 4) is 22.8 Å². The molecule has 0 spiro atoms. The number of anilines is 1. The van der Waals surface area contributed by atoms with Gasteiger partial charge in [-0.2, -0.15) is 18.3 Å². The van der Waals surface area contributed by atoms with E-state index in [1.165, 1.54) is 14.2 Å². The summed E-state index contributed by atoms with van der Waals surface area (Å²) in [6, 6.07) is 9.28. The second-order valence-corrected chi connectivity index (χ2v) is 7.80. The van der Waals surface area contributed by atoms with Crippen molar-refractivity contribution in [3.05, 3.63) is 58.5 Å². The first-order chi connectivity index (χ1) is 15.8. The maximum Gasteiger partial charge on any atom is 0.410 e. The lowest BCUT2D eigenvalue weighted by molar-refractivity contribution is -0.173. The fourth-order valence-corrected chi connectivity index (χ4v) is 4.19. The number of imidazole rings is 1. The number of nitrogens with one attached hydrogen (secondary N) is 3. The Kier molecular flexibility index (Phi) is 4.84. The lowest BCUT2D eigenvalue weighted by Gasteiger charge is -2.33. The number of halogens is 3. The summed E-state index contributed by atoms with van der Waals surface area (Å²) in [4.78, 5) is 16.8. The molecule has 0 unspecified atom stereocenters. The highest BCUT2D eigenvalue weighted by molar-refractivity contribution is 5.81. The van der Waals surface area contributed by atoms with Gasteiger partial charge in [0, 0.05) is 18.1 Å². The molecule has 4 aromatic rings. The smallest absolute Gasteiger partial charge is 0.410 e. The Morgan fingerprint density at radius 2 is 1.76 bits per heavy atom. The molecule has 0 radical (unpaired) electrons. The van der Waals surface area contributed by atoms with Gasteiger partial charge in [-0.3, -0.25) is 0 Å². The molecule has 1 aliphatic rings. The Morgan fingerprint density at radius 3 is 2.48 bits per heavy atom. The van der Waals surface area contributed by atoms with Gasteiger partial charge in [-0.1, -0.05) is 12.1 Å². The van der Waals surface area contributed by atoms with E-state index in [0.717, 1.165) is 4.68 Å². The summed E-state index contributed by atoms with van der Waals surface area (Å²) in [5, 5.41) is 7.43. The predicted molar refractivity (Wildman–Crippen MR) is 116 cm³/mol. The van der Waals surface area contributed by atoms with E-state index in [0.29, 0.717) is 39.4 Å². The van der Waals surface area contributed by atoms with Gasteiger partial charge in [0.2, 0.25) is 0 Å². The minimum Gasteiger partial charge on any atom is -0.493 e. The van der Waals surface area contributed by atoms with Crippen LogP contribution in [-0.2, 0) is 0 Å². The van der Waals surface area contributed by atoms with Crippen LogP contribution < -0.4 is 20.5 Å². The molecule has 33 heavy (non-hydrogen) atoms. The van der Waals surface area contributed by atoms with Crippen molar-refractivity contribution >= 4 is 16.9 Å². The van der Waals surface area contributed by atoms with Crippen LogP contribution in [-0.4, -0.2) is 40.1 Å². The Bertz CT molecular complexity index is 1390. The van der Waals surface area contributed by atoms with Gasteiger partial charge in [-0.15, -0.1) is 0 Å². The number of aromatic amines is 2. The van der Waals surface area contributed by atoms with E-state index in [1.807, 2.05) is 0 Å². The Balaban J connectivity index is 1.55. The fourth-order valence-electron chi connectivity index (χ4n) is 4.19. The SMILES string of the molecule is COc1ccc([C@@H]2C[C@H](C(F)(F)F)n3nc(-c4ccc5[nH]c(=O)[nH]c5c4)cc3N2)cc1OC. The van der Waals surface area contributed by atoms with Crippen molar-refractivity contribution in [2.75, 3.05) is 19.5 Å². The van der Waals surface area contributed by atoms with E-state index >= 15 is 0 Å². The number of fused-ring (bicyclic) bond motifs is 2. The first-order valence-electron chi connectivity index (χ1n) is 10.1. The third-order valence-electron chi connectivity index (χ3n) is 5.81. The lowest BCUT2D eigenvalue weighted by atomic mass is 9.96. The Labute approximate surface area is 185 Å². The standard InChI is InChI=1S/C22H20F3N5O3/c1-32-17-6-4-12(8-18(17)33-2)14-9-19(22(23,24)25)30-20(26-14)10-15(29-30)11-3-5-13-16(7-11)28-21(31)27-13/h3-8,10,14,19,26H,9H2,1-2H3,(H2,27,28,31)/t14-,19+/m0/s1. The van der Waals surface area contributed by atoms with Gasteiger partial charge in [0.25, 0.3) is 0 Å². The highest BCUT2D eigenvalue weighted by Gasteiger charge is 2.46. The van der Waals surface area contributed by atoms with Crippen LogP contribution in [0, 0.1) is 0 Å². The summed E-state index contributed by atoms with van der Waals surface area (Å²) < 4.78 is 53.6. The van der Waals surface area contributed by atoms with Crippen LogP contribution in [0.1, 0.15) is 24.1 Å². The average molecular weight is 459 g/mol.